The number of hydrogen-bond acceptors (Lipinski definition) is 6. The van der Waals surface area contributed by atoms with Crippen molar-refractivity contribution >= 4 is 17.7 Å². The van der Waals surface area contributed by atoms with Crippen LogP contribution in [0, 0.1) is 0 Å². The maximum atomic E-state index is 12.2. The van der Waals surface area contributed by atoms with Crippen LogP contribution in [0.2, 0.25) is 0 Å². The molecule has 4 heterocycles. The summed E-state index contributed by atoms with van der Waals surface area (Å²) in [5, 5.41) is 5.80. The molecule has 2 aliphatic heterocycles. The molecular weight excluding hydrogens is 368 g/mol. The van der Waals surface area contributed by atoms with Crippen molar-refractivity contribution in [2.45, 2.75) is 25.9 Å². The summed E-state index contributed by atoms with van der Waals surface area (Å²) in [4.78, 5) is 25.6. The number of amides is 2. The van der Waals surface area contributed by atoms with Gasteiger partial charge in [0.1, 0.15) is 11.6 Å². The first-order chi connectivity index (χ1) is 14.3. The predicted octanol–water partition coefficient (Wildman–Crippen LogP) is 1.91. The van der Waals surface area contributed by atoms with E-state index in [9.17, 15) is 4.79 Å². The first-order valence-corrected chi connectivity index (χ1v) is 10.3. The first kappa shape index (κ1) is 19.4. The van der Waals surface area contributed by atoms with Gasteiger partial charge in [0.05, 0.1) is 13.2 Å². The Labute approximate surface area is 171 Å². The molecule has 154 valence electrons. The maximum Gasteiger partial charge on any atom is 0.315 e. The van der Waals surface area contributed by atoms with Gasteiger partial charge in [-0.15, -0.1) is 0 Å². The number of ether oxygens (including phenoxy) is 1. The van der Waals surface area contributed by atoms with Gasteiger partial charge >= 0.3 is 6.03 Å². The van der Waals surface area contributed by atoms with Crippen LogP contribution in [0.5, 0.6) is 0 Å². The molecule has 2 fully saturated rings. The summed E-state index contributed by atoms with van der Waals surface area (Å²) in [6.45, 7) is 6.20. The van der Waals surface area contributed by atoms with Crippen LogP contribution in [0.25, 0.3) is 0 Å². The van der Waals surface area contributed by atoms with Crippen LogP contribution in [0.4, 0.5) is 16.4 Å². The molecule has 0 saturated carbocycles. The number of aromatic nitrogens is 2. The van der Waals surface area contributed by atoms with Crippen molar-refractivity contribution in [3.8, 4) is 0 Å². The third-order valence-electron chi connectivity index (χ3n) is 5.29. The molecule has 0 spiro atoms. The monoisotopic (exact) mass is 396 g/mol. The van der Waals surface area contributed by atoms with Crippen molar-refractivity contribution in [2.75, 3.05) is 49.2 Å². The SMILES string of the molecule is O=C(NCc1ccc(N2CCCC2)nc1)NCc1ccnc(N2CCOCC2)c1. The van der Waals surface area contributed by atoms with E-state index in [-0.39, 0.29) is 6.03 Å². The molecule has 2 N–H and O–H groups in total. The van der Waals surface area contributed by atoms with Crippen molar-refractivity contribution in [3.05, 3.63) is 47.8 Å². The molecule has 8 nitrogen and oxygen atoms in total. The van der Waals surface area contributed by atoms with Gasteiger partial charge < -0.3 is 25.2 Å². The fourth-order valence-electron chi connectivity index (χ4n) is 3.62. The van der Waals surface area contributed by atoms with Gasteiger partial charge in [-0.1, -0.05) is 6.07 Å². The van der Waals surface area contributed by atoms with Crippen molar-refractivity contribution in [3.63, 3.8) is 0 Å². The van der Waals surface area contributed by atoms with Gasteiger partial charge in [-0.05, 0) is 42.2 Å². The molecule has 0 unspecified atom stereocenters. The second-order valence-electron chi connectivity index (χ2n) is 7.38. The van der Waals surface area contributed by atoms with Crippen molar-refractivity contribution in [2.24, 2.45) is 0 Å². The molecule has 0 atom stereocenters. The standard InChI is InChI=1S/C21H28N6O2/c28-21(25-16-18-3-4-19(23-15-18)26-7-1-2-8-26)24-14-17-5-6-22-20(13-17)27-9-11-29-12-10-27/h3-6,13,15H,1-2,7-12,14,16H2,(H2,24,25,28). The molecule has 2 aliphatic rings. The Kier molecular flexibility index (Phi) is 6.41. The fourth-order valence-corrected chi connectivity index (χ4v) is 3.62. The minimum atomic E-state index is -0.196. The normalized spacial score (nSPS) is 16.7. The van der Waals surface area contributed by atoms with E-state index >= 15 is 0 Å². The summed E-state index contributed by atoms with van der Waals surface area (Å²) in [5.41, 5.74) is 2.01. The summed E-state index contributed by atoms with van der Waals surface area (Å²) in [5.74, 6) is 1.95. The number of urea groups is 1. The van der Waals surface area contributed by atoms with Crippen LogP contribution < -0.4 is 20.4 Å². The average molecular weight is 396 g/mol. The van der Waals surface area contributed by atoms with E-state index < -0.39 is 0 Å². The lowest BCUT2D eigenvalue weighted by atomic mass is 10.2. The highest BCUT2D eigenvalue weighted by Crippen LogP contribution is 2.17. The van der Waals surface area contributed by atoms with Gasteiger partial charge in [0, 0.05) is 51.7 Å². The number of carbonyl (C=O) groups excluding carboxylic acids is 1. The smallest absolute Gasteiger partial charge is 0.315 e. The van der Waals surface area contributed by atoms with Gasteiger partial charge in [-0.25, -0.2) is 14.8 Å². The van der Waals surface area contributed by atoms with Gasteiger partial charge in [0.15, 0.2) is 0 Å². The van der Waals surface area contributed by atoms with E-state index in [4.69, 9.17) is 4.74 Å². The quantitative estimate of drug-likeness (QED) is 0.776. The Balaban J connectivity index is 1.23. The molecule has 2 aromatic rings. The highest BCUT2D eigenvalue weighted by atomic mass is 16.5. The Bertz CT molecular complexity index is 801. The van der Waals surface area contributed by atoms with E-state index in [0.29, 0.717) is 13.1 Å². The third-order valence-corrected chi connectivity index (χ3v) is 5.29. The number of nitrogens with zero attached hydrogens (tertiary/aromatic N) is 4. The Morgan fingerprint density at radius 2 is 1.62 bits per heavy atom. The molecule has 2 amide bonds. The van der Waals surface area contributed by atoms with Gasteiger partial charge in [0.25, 0.3) is 0 Å². The van der Waals surface area contributed by atoms with E-state index in [1.807, 2.05) is 30.5 Å². The van der Waals surface area contributed by atoms with E-state index in [2.05, 4.69) is 30.4 Å². The third kappa shape index (κ3) is 5.35. The van der Waals surface area contributed by atoms with Gasteiger partial charge in [-0.2, -0.15) is 0 Å². The highest BCUT2D eigenvalue weighted by molar-refractivity contribution is 5.73. The summed E-state index contributed by atoms with van der Waals surface area (Å²) in [6, 6.07) is 7.80. The highest BCUT2D eigenvalue weighted by Gasteiger charge is 2.14. The van der Waals surface area contributed by atoms with E-state index in [0.717, 1.165) is 62.2 Å². The number of nitrogens with one attached hydrogen (secondary N) is 2. The zero-order chi connectivity index (χ0) is 19.9. The number of morpholine rings is 1. The lowest BCUT2D eigenvalue weighted by Gasteiger charge is -2.28. The number of pyridine rings is 2. The molecule has 0 bridgehead atoms. The average Bonchev–Trinajstić information content (AvgIpc) is 3.32. The predicted molar refractivity (Wildman–Crippen MR) is 112 cm³/mol. The van der Waals surface area contributed by atoms with Crippen LogP contribution in [0.3, 0.4) is 0 Å². The first-order valence-electron chi connectivity index (χ1n) is 10.3. The van der Waals surface area contributed by atoms with E-state index in [1.54, 1.807) is 6.20 Å². The Hall–Kier alpha value is -2.87. The largest absolute Gasteiger partial charge is 0.378 e. The molecular formula is C21H28N6O2. The Morgan fingerprint density at radius 3 is 2.34 bits per heavy atom. The second kappa shape index (κ2) is 9.56. The van der Waals surface area contributed by atoms with Gasteiger partial charge in [0.2, 0.25) is 0 Å². The van der Waals surface area contributed by atoms with Crippen LogP contribution in [0.1, 0.15) is 24.0 Å². The minimum Gasteiger partial charge on any atom is -0.378 e. The lowest BCUT2D eigenvalue weighted by Crippen LogP contribution is -2.37. The maximum absolute atomic E-state index is 12.2. The number of anilines is 2. The molecule has 0 aliphatic carbocycles. The zero-order valence-electron chi connectivity index (χ0n) is 16.6. The summed E-state index contributed by atoms with van der Waals surface area (Å²) < 4.78 is 5.38. The van der Waals surface area contributed by atoms with Crippen LogP contribution >= 0.6 is 0 Å². The van der Waals surface area contributed by atoms with Crippen molar-refractivity contribution < 1.29 is 9.53 Å². The van der Waals surface area contributed by atoms with Crippen LogP contribution in [-0.4, -0.2) is 55.4 Å². The zero-order valence-corrected chi connectivity index (χ0v) is 16.6. The van der Waals surface area contributed by atoms with Crippen molar-refractivity contribution in [1.82, 2.24) is 20.6 Å². The Morgan fingerprint density at radius 1 is 0.897 bits per heavy atom. The molecule has 0 aromatic carbocycles. The molecule has 0 radical (unpaired) electrons. The molecule has 4 rings (SSSR count). The lowest BCUT2D eigenvalue weighted by molar-refractivity contribution is 0.122. The number of carbonyl (C=O) groups is 1. The number of rotatable bonds is 6. The van der Waals surface area contributed by atoms with E-state index in [1.165, 1.54) is 12.8 Å². The van der Waals surface area contributed by atoms with Crippen molar-refractivity contribution in [1.29, 1.82) is 0 Å². The summed E-state index contributed by atoms with van der Waals surface area (Å²) in [6.07, 6.45) is 6.09. The number of hydrogen-bond donors (Lipinski definition) is 2. The molecule has 2 saturated heterocycles. The molecule has 8 heteroatoms. The molecule has 2 aromatic heterocycles. The second-order valence-corrected chi connectivity index (χ2v) is 7.38. The summed E-state index contributed by atoms with van der Waals surface area (Å²) >= 11 is 0. The van der Waals surface area contributed by atoms with Crippen LogP contribution in [0.15, 0.2) is 36.7 Å². The summed E-state index contributed by atoms with van der Waals surface area (Å²) in [7, 11) is 0. The molecule has 29 heavy (non-hydrogen) atoms. The topological polar surface area (TPSA) is 82.6 Å². The van der Waals surface area contributed by atoms with Crippen LogP contribution in [-0.2, 0) is 17.8 Å². The minimum absolute atomic E-state index is 0.196. The van der Waals surface area contributed by atoms with Gasteiger partial charge in [-0.3, -0.25) is 0 Å². The fraction of sp³-hybridized carbons (Fsp3) is 0.476.